The molecule has 5 nitrogen and oxygen atoms in total. The highest BCUT2D eigenvalue weighted by atomic mass is 16.3. The topological polar surface area (TPSA) is 58.4 Å². The molecule has 1 fully saturated rings. The summed E-state index contributed by atoms with van der Waals surface area (Å²) in [5.41, 5.74) is 0.731. The van der Waals surface area contributed by atoms with Crippen LogP contribution >= 0.6 is 0 Å². The van der Waals surface area contributed by atoms with Crippen molar-refractivity contribution in [1.82, 2.24) is 14.7 Å². The highest BCUT2D eigenvalue weighted by Crippen LogP contribution is 2.29. The number of carbonyl (C=O) groups is 1. The van der Waals surface area contributed by atoms with Crippen molar-refractivity contribution in [3.8, 4) is 0 Å². The number of aliphatic hydroxyl groups is 1. The third kappa shape index (κ3) is 3.05. The summed E-state index contributed by atoms with van der Waals surface area (Å²) in [6.07, 6.45) is 5.50. The lowest BCUT2D eigenvalue weighted by atomic mass is 9.96. The highest BCUT2D eigenvalue weighted by molar-refractivity contribution is 5.95. The van der Waals surface area contributed by atoms with Crippen LogP contribution in [0, 0.1) is 6.92 Å². The quantitative estimate of drug-likeness (QED) is 0.910. The first kappa shape index (κ1) is 17.0. The maximum absolute atomic E-state index is 12.9. The fourth-order valence-corrected chi connectivity index (χ4v) is 3.54. The molecule has 0 aliphatic carbocycles. The second kappa shape index (κ2) is 6.41. The van der Waals surface area contributed by atoms with E-state index in [0.29, 0.717) is 18.2 Å². The van der Waals surface area contributed by atoms with Crippen LogP contribution in [0.5, 0.6) is 0 Å². The van der Waals surface area contributed by atoms with Gasteiger partial charge in [0, 0.05) is 12.2 Å². The second-order valence-corrected chi connectivity index (χ2v) is 6.87. The molecule has 0 aromatic carbocycles. The van der Waals surface area contributed by atoms with Gasteiger partial charge in [-0.3, -0.25) is 9.48 Å². The maximum Gasteiger partial charge on any atom is 0.257 e. The Morgan fingerprint density at radius 2 is 2.09 bits per heavy atom. The van der Waals surface area contributed by atoms with E-state index in [2.05, 4.69) is 18.9 Å². The first-order valence-electron chi connectivity index (χ1n) is 8.38. The number of aromatic nitrogens is 2. The van der Waals surface area contributed by atoms with Crippen LogP contribution < -0.4 is 0 Å². The summed E-state index contributed by atoms with van der Waals surface area (Å²) in [7, 11) is 0. The van der Waals surface area contributed by atoms with Crippen LogP contribution in [0.25, 0.3) is 0 Å². The Kier molecular flexibility index (Phi) is 4.95. The van der Waals surface area contributed by atoms with Gasteiger partial charge in [-0.25, -0.2) is 0 Å². The van der Waals surface area contributed by atoms with Gasteiger partial charge in [0.15, 0.2) is 0 Å². The SMILES string of the molecule is CCC(CC)n1ncc(C(=O)N2CCCC2C(C)(C)O)c1C. The first-order valence-corrected chi connectivity index (χ1v) is 8.38. The largest absolute Gasteiger partial charge is 0.388 e. The van der Waals surface area contributed by atoms with Crippen LogP contribution in [0.15, 0.2) is 6.20 Å². The molecule has 1 N–H and O–H groups in total. The van der Waals surface area contributed by atoms with Gasteiger partial charge in [-0.2, -0.15) is 5.10 Å². The fraction of sp³-hybridized carbons (Fsp3) is 0.765. The second-order valence-electron chi connectivity index (χ2n) is 6.87. The Morgan fingerprint density at radius 1 is 1.45 bits per heavy atom. The summed E-state index contributed by atoms with van der Waals surface area (Å²) < 4.78 is 1.97. The number of amides is 1. The van der Waals surface area contributed by atoms with E-state index in [-0.39, 0.29) is 11.9 Å². The molecule has 1 saturated heterocycles. The summed E-state index contributed by atoms with van der Waals surface area (Å²) in [5.74, 6) is -0.000619. The minimum atomic E-state index is -0.870. The standard InChI is InChI=1S/C17H29N3O2/c1-6-13(7-2)20-12(3)14(11-18-20)16(21)19-10-8-9-15(19)17(4,5)22/h11,13,15,22H,6-10H2,1-5H3. The van der Waals surface area contributed by atoms with Crippen LogP contribution in [0.2, 0.25) is 0 Å². The molecule has 1 unspecified atom stereocenters. The summed E-state index contributed by atoms with van der Waals surface area (Å²) in [6, 6.07) is 0.223. The lowest BCUT2D eigenvalue weighted by molar-refractivity contribution is 0.000294. The van der Waals surface area contributed by atoms with E-state index in [1.54, 1.807) is 20.0 Å². The lowest BCUT2D eigenvalue weighted by Gasteiger charge is -2.33. The number of rotatable bonds is 5. The molecule has 2 rings (SSSR count). The van der Waals surface area contributed by atoms with Gasteiger partial charge in [-0.05, 0) is 46.5 Å². The fourth-order valence-electron chi connectivity index (χ4n) is 3.54. The molecular formula is C17H29N3O2. The van der Waals surface area contributed by atoms with Crippen LogP contribution in [-0.4, -0.2) is 43.9 Å². The van der Waals surface area contributed by atoms with Crippen molar-refractivity contribution in [2.45, 2.75) is 78.0 Å². The van der Waals surface area contributed by atoms with Gasteiger partial charge in [0.25, 0.3) is 5.91 Å². The molecule has 0 saturated carbocycles. The van der Waals surface area contributed by atoms with E-state index >= 15 is 0 Å². The number of nitrogens with zero attached hydrogens (tertiary/aromatic N) is 3. The third-order valence-corrected chi connectivity index (χ3v) is 4.89. The zero-order valence-electron chi connectivity index (χ0n) is 14.5. The van der Waals surface area contributed by atoms with Crippen LogP contribution in [0.1, 0.15) is 75.5 Å². The molecular weight excluding hydrogens is 278 g/mol. The number of hydrogen-bond donors (Lipinski definition) is 1. The van der Waals surface area contributed by atoms with Crippen molar-refractivity contribution >= 4 is 5.91 Å². The molecule has 0 radical (unpaired) electrons. The van der Waals surface area contributed by atoms with Gasteiger partial charge in [-0.15, -0.1) is 0 Å². The van der Waals surface area contributed by atoms with E-state index in [1.807, 2.05) is 16.5 Å². The van der Waals surface area contributed by atoms with Crippen molar-refractivity contribution in [3.05, 3.63) is 17.5 Å². The molecule has 0 bridgehead atoms. The van der Waals surface area contributed by atoms with E-state index in [1.165, 1.54) is 0 Å². The molecule has 124 valence electrons. The van der Waals surface area contributed by atoms with Crippen molar-refractivity contribution in [2.75, 3.05) is 6.54 Å². The summed E-state index contributed by atoms with van der Waals surface area (Å²) >= 11 is 0. The molecule has 2 heterocycles. The Balaban J connectivity index is 2.27. The minimum absolute atomic E-state index is 0.000619. The number of hydrogen-bond acceptors (Lipinski definition) is 3. The Morgan fingerprint density at radius 3 is 2.64 bits per heavy atom. The maximum atomic E-state index is 12.9. The molecule has 5 heteroatoms. The zero-order valence-corrected chi connectivity index (χ0v) is 14.5. The van der Waals surface area contributed by atoms with Gasteiger partial charge < -0.3 is 10.0 Å². The van der Waals surface area contributed by atoms with Gasteiger partial charge >= 0.3 is 0 Å². The molecule has 1 aliphatic rings. The van der Waals surface area contributed by atoms with Gasteiger partial charge in [-0.1, -0.05) is 13.8 Å². The normalized spacial score (nSPS) is 19.2. The Labute approximate surface area is 133 Å². The van der Waals surface area contributed by atoms with Gasteiger partial charge in [0.05, 0.1) is 29.4 Å². The highest BCUT2D eigenvalue weighted by Gasteiger charge is 2.39. The third-order valence-electron chi connectivity index (χ3n) is 4.89. The van der Waals surface area contributed by atoms with E-state index in [9.17, 15) is 9.90 Å². The van der Waals surface area contributed by atoms with Gasteiger partial charge in [0.1, 0.15) is 0 Å². The van der Waals surface area contributed by atoms with Gasteiger partial charge in [0.2, 0.25) is 0 Å². The predicted octanol–water partition coefficient (Wildman–Crippen LogP) is 2.93. The Hall–Kier alpha value is -1.36. The van der Waals surface area contributed by atoms with Crippen molar-refractivity contribution < 1.29 is 9.90 Å². The number of carbonyl (C=O) groups excluding carboxylic acids is 1. The molecule has 0 spiro atoms. The molecule has 1 aromatic heterocycles. The number of likely N-dealkylation sites (tertiary alicyclic amines) is 1. The predicted molar refractivity (Wildman–Crippen MR) is 86.9 cm³/mol. The summed E-state index contributed by atoms with van der Waals surface area (Å²) in [6.45, 7) is 10.5. The molecule has 1 aliphatic heterocycles. The van der Waals surface area contributed by atoms with Crippen LogP contribution in [-0.2, 0) is 0 Å². The summed E-state index contributed by atoms with van der Waals surface area (Å²) in [4.78, 5) is 14.7. The molecule has 22 heavy (non-hydrogen) atoms. The van der Waals surface area contributed by atoms with Crippen molar-refractivity contribution in [1.29, 1.82) is 0 Å². The molecule has 1 atom stereocenters. The zero-order chi connectivity index (χ0) is 16.5. The molecule has 1 aromatic rings. The van der Waals surface area contributed by atoms with Crippen molar-refractivity contribution in [3.63, 3.8) is 0 Å². The smallest absolute Gasteiger partial charge is 0.257 e. The Bertz CT molecular complexity index is 526. The monoisotopic (exact) mass is 307 g/mol. The minimum Gasteiger partial charge on any atom is -0.388 e. The first-order chi connectivity index (χ1) is 10.3. The van der Waals surface area contributed by atoms with E-state index in [0.717, 1.165) is 31.4 Å². The van der Waals surface area contributed by atoms with Crippen LogP contribution in [0.4, 0.5) is 0 Å². The average molecular weight is 307 g/mol. The van der Waals surface area contributed by atoms with Crippen molar-refractivity contribution in [2.24, 2.45) is 0 Å². The van der Waals surface area contributed by atoms with E-state index in [4.69, 9.17) is 0 Å². The summed E-state index contributed by atoms with van der Waals surface area (Å²) in [5, 5.41) is 14.8. The molecule has 1 amide bonds. The van der Waals surface area contributed by atoms with Crippen LogP contribution in [0.3, 0.4) is 0 Å². The lowest BCUT2D eigenvalue weighted by Crippen LogP contribution is -2.48. The van der Waals surface area contributed by atoms with E-state index < -0.39 is 5.60 Å². The average Bonchev–Trinajstić information content (AvgIpc) is 3.07.